The highest BCUT2D eigenvalue weighted by atomic mass is 35.5. The first kappa shape index (κ1) is 28.9. The predicted octanol–water partition coefficient (Wildman–Crippen LogP) is 7.02. The van der Waals surface area contributed by atoms with Crippen molar-refractivity contribution in [3.05, 3.63) is 124 Å². The van der Waals surface area contributed by atoms with Gasteiger partial charge in [0.25, 0.3) is 5.91 Å². The SMILES string of the molecule is O=C(NC(=S)Nc1ccc(N2CCN(Cc3ccccc3Cl)CC2)c(Cl)c1)c1ccc(OCc2ccccc2)cc1. The normalized spacial score (nSPS) is 13.5. The summed E-state index contributed by atoms with van der Waals surface area (Å²) in [6.07, 6.45) is 0. The van der Waals surface area contributed by atoms with Gasteiger partial charge < -0.3 is 15.0 Å². The van der Waals surface area contributed by atoms with Crippen LogP contribution >= 0.6 is 35.4 Å². The van der Waals surface area contributed by atoms with Crippen LogP contribution in [0.25, 0.3) is 0 Å². The Morgan fingerprint density at radius 1 is 0.829 bits per heavy atom. The van der Waals surface area contributed by atoms with Crippen molar-refractivity contribution in [2.45, 2.75) is 13.2 Å². The molecule has 9 heteroatoms. The molecule has 0 spiro atoms. The number of hydrogen-bond acceptors (Lipinski definition) is 5. The van der Waals surface area contributed by atoms with Gasteiger partial charge in [-0.1, -0.05) is 71.7 Å². The summed E-state index contributed by atoms with van der Waals surface area (Å²) in [5.41, 5.74) is 4.36. The van der Waals surface area contributed by atoms with E-state index in [-0.39, 0.29) is 11.0 Å². The first-order valence-electron chi connectivity index (χ1n) is 13.3. The largest absolute Gasteiger partial charge is 0.489 e. The highest BCUT2D eigenvalue weighted by Gasteiger charge is 2.20. The molecule has 41 heavy (non-hydrogen) atoms. The maximum absolute atomic E-state index is 12.7. The minimum Gasteiger partial charge on any atom is -0.489 e. The molecule has 0 aromatic heterocycles. The number of ether oxygens (including phenoxy) is 1. The minimum atomic E-state index is -0.311. The molecule has 1 amide bonds. The van der Waals surface area contributed by atoms with Crippen LogP contribution in [0.1, 0.15) is 21.5 Å². The Hall–Kier alpha value is -3.62. The van der Waals surface area contributed by atoms with Crippen molar-refractivity contribution in [1.29, 1.82) is 0 Å². The maximum Gasteiger partial charge on any atom is 0.257 e. The Balaban J connectivity index is 1.09. The molecule has 4 aromatic rings. The van der Waals surface area contributed by atoms with Crippen molar-refractivity contribution in [1.82, 2.24) is 10.2 Å². The Bertz CT molecular complexity index is 1490. The second-order valence-corrected chi connectivity index (χ2v) is 11.0. The second kappa shape index (κ2) is 13.8. The molecule has 1 aliphatic rings. The molecule has 1 heterocycles. The standard InChI is InChI=1S/C32H30Cl2N4O2S/c33-28-9-5-4-8-25(28)21-37-16-18-38(19-17-37)30-15-12-26(20-29(30)34)35-32(41)36-31(39)24-10-13-27(14-11-24)40-22-23-6-2-1-3-7-23/h1-15,20H,16-19,21-22H2,(H2,35,36,39,41). The van der Waals surface area contributed by atoms with E-state index in [9.17, 15) is 4.79 Å². The number of thiocarbonyl (C=S) groups is 1. The van der Waals surface area contributed by atoms with E-state index < -0.39 is 0 Å². The number of carbonyl (C=O) groups is 1. The number of amides is 1. The molecule has 210 valence electrons. The molecular formula is C32H30Cl2N4O2S. The van der Waals surface area contributed by atoms with Gasteiger partial charge in [-0.3, -0.25) is 15.0 Å². The summed E-state index contributed by atoms with van der Waals surface area (Å²) in [4.78, 5) is 17.4. The average Bonchev–Trinajstić information content (AvgIpc) is 2.98. The summed E-state index contributed by atoms with van der Waals surface area (Å²) >= 11 is 18.4. The van der Waals surface area contributed by atoms with E-state index in [0.717, 1.165) is 54.6 Å². The zero-order valence-electron chi connectivity index (χ0n) is 22.4. The van der Waals surface area contributed by atoms with Crippen molar-refractivity contribution < 1.29 is 9.53 Å². The van der Waals surface area contributed by atoms with E-state index in [2.05, 4.69) is 26.5 Å². The Kier molecular flexibility index (Phi) is 9.75. The van der Waals surface area contributed by atoms with Crippen molar-refractivity contribution in [3.8, 4) is 5.75 Å². The lowest BCUT2D eigenvalue weighted by molar-refractivity contribution is 0.0977. The third-order valence-electron chi connectivity index (χ3n) is 6.86. The fourth-order valence-electron chi connectivity index (χ4n) is 4.64. The van der Waals surface area contributed by atoms with E-state index in [1.165, 1.54) is 0 Å². The van der Waals surface area contributed by atoms with Gasteiger partial charge in [-0.2, -0.15) is 0 Å². The van der Waals surface area contributed by atoms with Crippen LogP contribution in [0.4, 0.5) is 11.4 Å². The summed E-state index contributed by atoms with van der Waals surface area (Å²) in [7, 11) is 0. The summed E-state index contributed by atoms with van der Waals surface area (Å²) in [5, 5.41) is 7.39. The quantitative estimate of drug-likeness (QED) is 0.211. The second-order valence-electron chi connectivity index (χ2n) is 9.73. The summed E-state index contributed by atoms with van der Waals surface area (Å²) in [6, 6.07) is 30.5. The predicted molar refractivity (Wildman–Crippen MR) is 171 cm³/mol. The number of nitrogens with one attached hydrogen (secondary N) is 2. The molecule has 5 rings (SSSR count). The third-order valence-corrected chi connectivity index (χ3v) is 7.74. The molecule has 2 N–H and O–H groups in total. The topological polar surface area (TPSA) is 56.8 Å². The van der Waals surface area contributed by atoms with Crippen LogP contribution in [0, 0.1) is 0 Å². The Morgan fingerprint density at radius 2 is 1.54 bits per heavy atom. The lowest BCUT2D eigenvalue weighted by Gasteiger charge is -2.36. The highest BCUT2D eigenvalue weighted by Crippen LogP contribution is 2.30. The average molecular weight is 606 g/mol. The molecule has 0 radical (unpaired) electrons. The first-order chi connectivity index (χ1) is 19.9. The molecular weight excluding hydrogens is 575 g/mol. The monoisotopic (exact) mass is 604 g/mol. The van der Waals surface area contributed by atoms with Crippen molar-refractivity contribution in [2.24, 2.45) is 0 Å². The number of hydrogen-bond donors (Lipinski definition) is 2. The number of nitrogens with zero attached hydrogens (tertiary/aromatic N) is 2. The summed E-state index contributed by atoms with van der Waals surface area (Å²) < 4.78 is 5.79. The van der Waals surface area contributed by atoms with E-state index in [4.69, 9.17) is 40.2 Å². The van der Waals surface area contributed by atoms with Gasteiger partial charge in [0.15, 0.2) is 5.11 Å². The maximum atomic E-state index is 12.7. The minimum absolute atomic E-state index is 0.191. The van der Waals surface area contributed by atoms with Gasteiger partial charge in [-0.15, -0.1) is 0 Å². The van der Waals surface area contributed by atoms with Crippen LogP contribution in [-0.4, -0.2) is 42.1 Å². The molecule has 0 saturated carbocycles. The Morgan fingerprint density at radius 3 is 2.24 bits per heavy atom. The zero-order chi connectivity index (χ0) is 28.6. The lowest BCUT2D eigenvalue weighted by atomic mass is 10.2. The summed E-state index contributed by atoms with van der Waals surface area (Å²) in [5.74, 6) is 0.373. The van der Waals surface area contributed by atoms with Crippen LogP contribution in [0.5, 0.6) is 5.75 Å². The molecule has 4 aromatic carbocycles. The van der Waals surface area contributed by atoms with Crippen LogP contribution in [0.2, 0.25) is 10.0 Å². The van der Waals surface area contributed by atoms with E-state index in [1.54, 1.807) is 24.3 Å². The molecule has 1 saturated heterocycles. The van der Waals surface area contributed by atoms with Gasteiger partial charge in [-0.25, -0.2) is 0 Å². The third kappa shape index (κ3) is 7.99. The van der Waals surface area contributed by atoms with Gasteiger partial charge in [0.1, 0.15) is 12.4 Å². The molecule has 0 unspecified atom stereocenters. The van der Waals surface area contributed by atoms with Gasteiger partial charge in [0.2, 0.25) is 0 Å². The number of piperazine rings is 1. The first-order valence-corrected chi connectivity index (χ1v) is 14.5. The van der Waals surface area contributed by atoms with E-state index in [0.29, 0.717) is 28.6 Å². The van der Waals surface area contributed by atoms with Crippen molar-refractivity contribution >= 4 is 57.8 Å². The molecule has 1 aliphatic heterocycles. The van der Waals surface area contributed by atoms with Crippen LogP contribution in [0.3, 0.4) is 0 Å². The van der Waals surface area contributed by atoms with E-state index in [1.807, 2.05) is 66.7 Å². The van der Waals surface area contributed by atoms with Crippen LogP contribution < -0.4 is 20.3 Å². The molecule has 0 aliphatic carbocycles. The van der Waals surface area contributed by atoms with Gasteiger partial charge in [-0.05, 0) is 71.9 Å². The smallest absolute Gasteiger partial charge is 0.257 e. The highest BCUT2D eigenvalue weighted by molar-refractivity contribution is 7.80. The van der Waals surface area contributed by atoms with Gasteiger partial charge >= 0.3 is 0 Å². The number of benzene rings is 4. The van der Waals surface area contributed by atoms with Crippen molar-refractivity contribution in [3.63, 3.8) is 0 Å². The molecule has 6 nitrogen and oxygen atoms in total. The van der Waals surface area contributed by atoms with E-state index >= 15 is 0 Å². The molecule has 0 bridgehead atoms. The molecule has 1 fully saturated rings. The van der Waals surface area contributed by atoms with Crippen LogP contribution in [-0.2, 0) is 13.2 Å². The molecule has 0 atom stereocenters. The number of carbonyl (C=O) groups excluding carboxylic acids is 1. The van der Waals surface area contributed by atoms with Gasteiger partial charge in [0.05, 0.1) is 10.7 Å². The Labute approximate surface area is 255 Å². The number of halogens is 2. The van der Waals surface area contributed by atoms with Gasteiger partial charge in [0, 0.05) is 49.0 Å². The lowest BCUT2D eigenvalue weighted by Crippen LogP contribution is -2.46. The van der Waals surface area contributed by atoms with Crippen LogP contribution in [0.15, 0.2) is 97.1 Å². The fraction of sp³-hybridized carbons (Fsp3) is 0.188. The number of rotatable bonds is 8. The fourth-order valence-corrected chi connectivity index (χ4v) is 5.34. The van der Waals surface area contributed by atoms with Crippen molar-refractivity contribution in [2.75, 3.05) is 36.4 Å². The number of anilines is 2. The zero-order valence-corrected chi connectivity index (χ0v) is 24.7. The summed E-state index contributed by atoms with van der Waals surface area (Å²) in [6.45, 7) is 4.85.